The number of aromatic nitrogens is 4. The molecule has 0 bridgehead atoms. The molecule has 2 aromatic rings. The Hall–Kier alpha value is -1.46. The molecule has 2 N–H and O–H groups in total. The molecule has 80 valence electrons. The van der Waals surface area contributed by atoms with E-state index >= 15 is 0 Å². The van der Waals surface area contributed by atoms with E-state index in [-0.39, 0.29) is 12.4 Å². The molecule has 0 aliphatic heterocycles. The molecular weight excluding hydrogens is 214 g/mol. The van der Waals surface area contributed by atoms with Gasteiger partial charge < -0.3 is 5.73 Å². The van der Waals surface area contributed by atoms with Crippen molar-refractivity contribution in [3.63, 3.8) is 0 Å². The van der Waals surface area contributed by atoms with Gasteiger partial charge in [0, 0.05) is 6.20 Å². The van der Waals surface area contributed by atoms with Crippen LogP contribution in [0.15, 0.2) is 24.8 Å². The zero-order valence-corrected chi connectivity index (χ0v) is 9.11. The van der Waals surface area contributed by atoms with Crippen LogP contribution in [0, 0.1) is 6.92 Å². The van der Waals surface area contributed by atoms with Gasteiger partial charge in [-0.25, -0.2) is 9.67 Å². The van der Waals surface area contributed by atoms with Crippen molar-refractivity contribution in [2.45, 2.75) is 13.5 Å². The van der Waals surface area contributed by atoms with Crippen molar-refractivity contribution in [3.8, 4) is 5.69 Å². The van der Waals surface area contributed by atoms with Crippen LogP contribution in [0.25, 0.3) is 5.69 Å². The van der Waals surface area contributed by atoms with Crippen molar-refractivity contribution < 1.29 is 0 Å². The van der Waals surface area contributed by atoms with Gasteiger partial charge in [0.15, 0.2) is 0 Å². The number of halogens is 1. The summed E-state index contributed by atoms with van der Waals surface area (Å²) in [5.74, 6) is 0.734. The third kappa shape index (κ3) is 2.31. The molecule has 2 rings (SSSR count). The molecule has 2 heterocycles. The molecule has 15 heavy (non-hydrogen) atoms. The number of nitrogens with two attached hydrogens (primary N) is 1. The number of nitrogens with zero attached hydrogens (tertiary/aromatic N) is 4. The Labute approximate surface area is 93.8 Å². The number of rotatable bonds is 2. The van der Waals surface area contributed by atoms with E-state index in [2.05, 4.69) is 15.1 Å². The third-order valence-corrected chi connectivity index (χ3v) is 1.91. The maximum Gasteiger partial charge on any atom is 0.146 e. The minimum atomic E-state index is 0. The summed E-state index contributed by atoms with van der Waals surface area (Å²) < 4.78 is 1.69. The lowest BCUT2D eigenvalue weighted by atomic mass is 10.3. The fourth-order valence-corrected chi connectivity index (χ4v) is 1.28. The number of hydrogen-bond acceptors (Lipinski definition) is 4. The van der Waals surface area contributed by atoms with Gasteiger partial charge in [-0.3, -0.25) is 4.98 Å². The van der Waals surface area contributed by atoms with Crippen LogP contribution in [-0.2, 0) is 6.54 Å². The van der Waals surface area contributed by atoms with Crippen LogP contribution in [0.3, 0.4) is 0 Å². The second-order valence-corrected chi connectivity index (χ2v) is 3.01. The van der Waals surface area contributed by atoms with Crippen molar-refractivity contribution in [3.05, 3.63) is 36.2 Å². The molecule has 0 spiro atoms. The zero-order chi connectivity index (χ0) is 9.97. The topological polar surface area (TPSA) is 69.6 Å². The molecule has 2 aromatic heterocycles. The molecule has 5 nitrogen and oxygen atoms in total. The Bertz CT molecular complexity index is 440. The first-order valence-electron chi connectivity index (χ1n) is 4.32. The summed E-state index contributed by atoms with van der Waals surface area (Å²) in [6.45, 7) is 2.35. The van der Waals surface area contributed by atoms with E-state index in [1.165, 1.54) is 6.33 Å². The van der Waals surface area contributed by atoms with E-state index < -0.39 is 0 Å². The Kier molecular flexibility index (Phi) is 3.76. The molecule has 0 unspecified atom stereocenters. The summed E-state index contributed by atoms with van der Waals surface area (Å²) in [4.78, 5) is 8.13. The summed E-state index contributed by atoms with van der Waals surface area (Å²) in [5, 5.41) is 4.08. The van der Waals surface area contributed by atoms with Crippen molar-refractivity contribution in [2.24, 2.45) is 5.73 Å². The van der Waals surface area contributed by atoms with Gasteiger partial charge in [-0.15, -0.1) is 12.4 Å². The van der Waals surface area contributed by atoms with Gasteiger partial charge in [-0.2, -0.15) is 5.10 Å². The normalized spacial score (nSPS) is 9.73. The molecule has 0 amide bonds. The smallest absolute Gasteiger partial charge is 0.146 e. The Morgan fingerprint density at radius 2 is 2.20 bits per heavy atom. The summed E-state index contributed by atoms with van der Waals surface area (Å²) in [5.41, 5.74) is 7.50. The van der Waals surface area contributed by atoms with Crippen LogP contribution in [0.1, 0.15) is 11.4 Å². The number of pyridine rings is 1. The SMILES string of the molecule is Cc1cncc(-n2ncnc2CN)c1.Cl. The first-order valence-corrected chi connectivity index (χ1v) is 4.32. The van der Waals surface area contributed by atoms with E-state index in [0.29, 0.717) is 6.54 Å². The third-order valence-electron chi connectivity index (χ3n) is 1.91. The van der Waals surface area contributed by atoms with Crippen LogP contribution < -0.4 is 5.73 Å². The second-order valence-electron chi connectivity index (χ2n) is 3.01. The molecule has 0 radical (unpaired) electrons. The lowest BCUT2D eigenvalue weighted by Gasteiger charge is -2.03. The Morgan fingerprint density at radius 3 is 2.87 bits per heavy atom. The van der Waals surface area contributed by atoms with E-state index in [1.807, 2.05) is 13.0 Å². The largest absolute Gasteiger partial charge is 0.324 e. The fourth-order valence-electron chi connectivity index (χ4n) is 1.28. The van der Waals surface area contributed by atoms with Gasteiger partial charge >= 0.3 is 0 Å². The summed E-state index contributed by atoms with van der Waals surface area (Å²) in [6, 6.07) is 1.99. The minimum Gasteiger partial charge on any atom is -0.324 e. The van der Waals surface area contributed by atoms with Crippen LogP contribution >= 0.6 is 12.4 Å². The van der Waals surface area contributed by atoms with Gasteiger partial charge in [-0.05, 0) is 18.6 Å². The fraction of sp³-hybridized carbons (Fsp3) is 0.222. The Balaban J connectivity index is 0.00000112. The van der Waals surface area contributed by atoms with E-state index in [4.69, 9.17) is 5.73 Å². The first kappa shape index (κ1) is 11.6. The molecule has 0 fully saturated rings. The van der Waals surface area contributed by atoms with E-state index in [1.54, 1.807) is 17.1 Å². The highest BCUT2D eigenvalue weighted by atomic mass is 35.5. The summed E-state index contributed by atoms with van der Waals surface area (Å²) in [6.07, 6.45) is 5.02. The predicted octanol–water partition coefficient (Wildman–Crippen LogP) is 0.851. The molecule has 0 atom stereocenters. The molecule has 0 aliphatic carbocycles. The van der Waals surface area contributed by atoms with Gasteiger partial charge in [0.25, 0.3) is 0 Å². The van der Waals surface area contributed by atoms with Crippen molar-refractivity contribution >= 4 is 12.4 Å². The number of hydrogen-bond donors (Lipinski definition) is 1. The highest BCUT2D eigenvalue weighted by molar-refractivity contribution is 5.85. The average Bonchev–Trinajstić information content (AvgIpc) is 2.65. The van der Waals surface area contributed by atoms with Crippen LogP contribution in [0.2, 0.25) is 0 Å². The lowest BCUT2D eigenvalue weighted by Crippen LogP contribution is -2.08. The van der Waals surface area contributed by atoms with Crippen LogP contribution in [0.4, 0.5) is 0 Å². The highest BCUT2D eigenvalue weighted by Gasteiger charge is 2.04. The molecule has 0 saturated carbocycles. The van der Waals surface area contributed by atoms with Gasteiger partial charge in [0.1, 0.15) is 12.2 Å². The monoisotopic (exact) mass is 225 g/mol. The molecule has 0 aliphatic rings. The standard InChI is InChI=1S/C9H11N5.ClH/c1-7-2-8(5-11-4-7)14-9(3-10)12-6-13-14;/h2,4-6H,3,10H2,1H3;1H. The van der Waals surface area contributed by atoms with Gasteiger partial charge in [0.2, 0.25) is 0 Å². The average molecular weight is 226 g/mol. The molecule has 0 aromatic carbocycles. The molecule has 6 heteroatoms. The quantitative estimate of drug-likeness (QED) is 0.823. The maximum absolute atomic E-state index is 5.53. The zero-order valence-electron chi connectivity index (χ0n) is 8.29. The predicted molar refractivity (Wildman–Crippen MR) is 59.0 cm³/mol. The highest BCUT2D eigenvalue weighted by Crippen LogP contribution is 2.08. The van der Waals surface area contributed by atoms with Crippen molar-refractivity contribution in [1.29, 1.82) is 0 Å². The van der Waals surface area contributed by atoms with Crippen LogP contribution in [0.5, 0.6) is 0 Å². The maximum atomic E-state index is 5.53. The van der Waals surface area contributed by atoms with Gasteiger partial charge in [0.05, 0.1) is 18.4 Å². The number of aryl methyl sites for hydroxylation is 1. The van der Waals surface area contributed by atoms with Crippen molar-refractivity contribution in [2.75, 3.05) is 0 Å². The van der Waals surface area contributed by atoms with Crippen LogP contribution in [-0.4, -0.2) is 19.7 Å². The summed E-state index contributed by atoms with van der Waals surface area (Å²) >= 11 is 0. The minimum absolute atomic E-state index is 0. The summed E-state index contributed by atoms with van der Waals surface area (Å²) in [7, 11) is 0. The first-order chi connectivity index (χ1) is 6.81. The van der Waals surface area contributed by atoms with E-state index in [9.17, 15) is 0 Å². The Morgan fingerprint density at radius 1 is 1.40 bits per heavy atom. The lowest BCUT2D eigenvalue weighted by molar-refractivity contribution is 0.785. The molecular formula is C9H12ClN5. The second kappa shape index (κ2) is 4.86. The van der Waals surface area contributed by atoms with Gasteiger partial charge in [-0.1, -0.05) is 0 Å². The molecule has 0 saturated heterocycles. The van der Waals surface area contributed by atoms with E-state index in [0.717, 1.165) is 17.1 Å². The van der Waals surface area contributed by atoms with Crippen molar-refractivity contribution in [1.82, 2.24) is 19.7 Å².